The summed E-state index contributed by atoms with van der Waals surface area (Å²) in [6.45, 7) is 3.55. The monoisotopic (exact) mass is 631 g/mol. The number of benzene rings is 3. The number of hydrogen-bond donors (Lipinski definition) is 1. The third-order valence-electron chi connectivity index (χ3n) is 7.41. The number of aromatic nitrogens is 2. The van der Waals surface area contributed by atoms with Crippen LogP contribution >= 0.6 is 11.8 Å². The van der Waals surface area contributed by atoms with Gasteiger partial charge in [0.1, 0.15) is 28.8 Å². The predicted octanol–water partition coefficient (Wildman–Crippen LogP) is 7.31. The van der Waals surface area contributed by atoms with E-state index >= 15 is 8.78 Å². The first-order valence-electron chi connectivity index (χ1n) is 13.9. The molecule has 3 aromatic carbocycles. The van der Waals surface area contributed by atoms with Crippen molar-refractivity contribution < 1.29 is 37.2 Å². The Hall–Kier alpha value is -4.03. The van der Waals surface area contributed by atoms with Crippen LogP contribution in [-0.2, 0) is 5.75 Å². The molecule has 0 aliphatic rings. The zero-order valence-electron chi connectivity index (χ0n) is 25.5. The lowest BCUT2D eigenvalue weighted by Crippen LogP contribution is -2.32. The molecule has 1 unspecified atom stereocenters. The van der Waals surface area contributed by atoms with Crippen LogP contribution in [0.3, 0.4) is 0 Å². The minimum atomic E-state index is -0.765. The molecule has 1 atom stereocenters. The van der Waals surface area contributed by atoms with E-state index in [2.05, 4.69) is 4.98 Å². The molecule has 0 amide bonds. The van der Waals surface area contributed by atoms with Gasteiger partial charge in [0.15, 0.2) is 28.2 Å². The van der Waals surface area contributed by atoms with Crippen LogP contribution in [-0.4, -0.2) is 55.2 Å². The molecule has 44 heavy (non-hydrogen) atoms. The van der Waals surface area contributed by atoms with E-state index in [1.165, 1.54) is 19.2 Å². The maximum atomic E-state index is 15.2. The molecule has 236 valence electrons. The average Bonchev–Trinajstić information content (AvgIpc) is 3.44. The Morgan fingerprint density at radius 2 is 1.59 bits per heavy atom. The quantitative estimate of drug-likeness (QED) is 0.145. The summed E-state index contributed by atoms with van der Waals surface area (Å²) in [5, 5.41) is 9.76. The lowest BCUT2D eigenvalue weighted by atomic mass is 9.99. The average molecular weight is 632 g/mol. The van der Waals surface area contributed by atoms with Crippen LogP contribution in [0.5, 0.6) is 23.0 Å². The van der Waals surface area contributed by atoms with Crippen molar-refractivity contribution in [3.8, 4) is 28.7 Å². The lowest BCUT2D eigenvalue weighted by molar-refractivity contribution is 0.0544. The van der Waals surface area contributed by atoms with Gasteiger partial charge in [0.2, 0.25) is 0 Å². The Kier molecular flexibility index (Phi) is 10.6. The van der Waals surface area contributed by atoms with E-state index in [0.717, 1.165) is 29.6 Å². The normalized spacial score (nSPS) is 12.5. The first-order valence-corrected chi connectivity index (χ1v) is 14.8. The van der Waals surface area contributed by atoms with E-state index in [9.17, 15) is 9.50 Å². The fourth-order valence-electron chi connectivity index (χ4n) is 4.60. The molecule has 1 heterocycles. The Morgan fingerprint density at radius 3 is 2.20 bits per heavy atom. The Morgan fingerprint density at radius 1 is 0.909 bits per heavy atom. The number of aliphatic hydroxyl groups is 1. The van der Waals surface area contributed by atoms with Crippen LogP contribution in [0, 0.1) is 17.5 Å². The number of thioether (sulfide) groups is 1. The molecule has 12 heteroatoms. The van der Waals surface area contributed by atoms with Crippen molar-refractivity contribution in [3.05, 3.63) is 77.7 Å². The van der Waals surface area contributed by atoms with Crippen LogP contribution in [0.15, 0.2) is 59.9 Å². The second kappa shape index (κ2) is 14.2. The number of ether oxygens (including phenoxy) is 4. The number of halogens is 3. The Labute approximate surface area is 259 Å². The van der Waals surface area contributed by atoms with Gasteiger partial charge in [-0.3, -0.25) is 4.57 Å². The van der Waals surface area contributed by atoms with Gasteiger partial charge in [0, 0.05) is 61.3 Å². The molecule has 0 aliphatic heterocycles. The topological polar surface area (TPSA) is 78.2 Å². The largest absolute Gasteiger partial charge is 0.494 e. The van der Waals surface area contributed by atoms with Gasteiger partial charge in [-0.1, -0.05) is 18.7 Å². The van der Waals surface area contributed by atoms with Crippen molar-refractivity contribution in [1.29, 1.82) is 0 Å². The zero-order chi connectivity index (χ0) is 32.0. The number of imidazole rings is 1. The van der Waals surface area contributed by atoms with Crippen molar-refractivity contribution >= 4 is 23.3 Å². The Balaban J connectivity index is 1.70. The Bertz CT molecular complexity index is 1580. The van der Waals surface area contributed by atoms with Crippen molar-refractivity contribution in [2.45, 2.75) is 43.2 Å². The minimum Gasteiger partial charge on any atom is -0.494 e. The smallest absolute Gasteiger partial charge is 0.174 e. The van der Waals surface area contributed by atoms with Gasteiger partial charge in [-0.15, -0.1) is 0 Å². The molecule has 1 N–H and O–H groups in total. The fraction of sp³-hybridized carbons (Fsp3) is 0.344. The first-order chi connectivity index (χ1) is 21.1. The van der Waals surface area contributed by atoms with Crippen LogP contribution in [0.4, 0.5) is 24.7 Å². The SMILES string of the molecule is CCC(C)(CCO)Oc1cc(F)c(CSc2ncc(N(C)c3ccc(OC)c(OC)c3)n2-c2ccc(F)c(OC)c2)c(F)c1. The second-order valence-electron chi connectivity index (χ2n) is 10.2. The maximum Gasteiger partial charge on any atom is 0.174 e. The third-order valence-corrected chi connectivity index (χ3v) is 8.39. The summed E-state index contributed by atoms with van der Waals surface area (Å²) in [6.07, 6.45) is 2.48. The van der Waals surface area contributed by atoms with Gasteiger partial charge in [-0.25, -0.2) is 18.2 Å². The highest BCUT2D eigenvalue weighted by atomic mass is 32.2. The molecule has 4 aromatic rings. The van der Waals surface area contributed by atoms with Gasteiger partial charge in [-0.2, -0.15) is 0 Å². The van der Waals surface area contributed by atoms with E-state index in [-0.39, 0.29) is 29.4 Å². The van der Waals surface area contributed by atoms with Crippen molar-refractivity contribution in [2.75, 3.05) is 39.9 Å². The molecule has 0 saturated carbocycles. The standard InChI is InChI=1S/C32H36F3N3O5S/c1-7-32(2,12-13-39)43-22-16-25(34)23(26(35)17-22)19-44-31-36-18-30(38(31)21-8-10-24(33)28(15-21)41-5)37(3)20-9-11-27(40-4)29(14-20)42-6/h8-11,14-18,39H,7,12-13,19H2,1-6H3. The molecule has 0 aliphatic carbocycles. The van der Waals surface area contributed by atoms with E-state index in [4.69, 9.17) is 18.9 Å². The molecule has 0 bridgehead atoms. The second-order valence-corrected chi connectivity index (χ2v) is 11.1. The van der Waals surface area contributed by atoms with Crippen LogP contribution < -0.4 is 23.8 Å². The van der Waals surface area contributed by atoms with Crippen molar-refractivity contribution in [3.63, 3.8) is 0 Å². The molecule has 0 fully saturated rings. The van der Waals surface area contributed by atoms with Crippen molar-refractivity contribution in [1.82, 2.24) is 9.55 Å². The molecule has 1 aromatic heterocycles. The van der Waals surface area contributed by atoms with Gasteiger partial charge >= 0.3 is 0 Å². The van der Waals surface area contributed by atoms with Crippen molar-refractivity contribution in [2.24, 2.45) is 0 Å². The molecule has 4 rings (SSSR count). The van der Waals surface area contributed by atoms with Gasteiger partial charge in [-0.05, 0) is 37.6 Å². The highest BCUT2D eigenvalue weighted by molar-refractivity contribution is 7.98. The summed E-state index contributed by atoms with van der Waals surface area (Å²) in [6, 6.07) is 12.1. The summed E-state index contributed by atoms with van der Waals surface area (Å²) in [5.74, 6) is -0.413. The zero-order valence-corrected chi connectivity index (χ0v) is 26.3. The summed E-state index contributed by atoms with van der Waals surface area (Å²) in [4.78, 5) is 6.41. The summed E-state index contributed by atoms with van der Waals surface area (Å²) >= 11 is 1.11. The number of hydrogen-bond acceptors (Lipinski definition) is 8. The minimum absolute atomic E-state index is 0.0276. The summed E-state index contributed by atoms with van der Waals surface area (Å²) in [5.41, 5.74) is 0.352. The number of rotatable bonds is 14. The predicted molar refractivity (Wildman–Crippen MR) is 165 cm³/mol. The van der Waals surface area contributed by atoms with E-state index in [0.29, 0.717) is 41.0 Å². The number of anilines is 2. The van der Waals surface area contributed by atoms with Crippen LogP contribution in [0.1, 0.15) is 32.3 Å². The van der Waals surface area contributed by atoms with Crippen LogP contribution in [0.2, 0.25) is 0 Å². The lowest BCUT2D eigenvalue weighted by Gasteiger charge is -2.29. The molecule has 0 radical (unpaired) electrons. The van der Waals surface area contributed by atoms with E-state index in [1.54, 1.807) is 50.1 Å². The first kappa shape index (κ1) is 32.9. The fourth-order valence-corrected chi connectivity index (χ4v) is 5.60. The van der Waals surface area contributed by atoms with E-state index in [1.807, 2.05) is 24.9 Å². The number of aliphatic hydroxyl groups excluding tert-OH is 1. The molecule has 0 saturated heterocycles. The van der Waals surface area contributed by atoms with E-state index < -0.39 is 23.1 Å². The highest BCUT2D eigenvalue weighted by Crippen LogP contribution is 2.38. The molecule has 0 spiro atoms. The third kappa shape index (κ3) is 7.02. The van der Waals surface area contributed by atoms with Gasteiger partial charge < -0.3 is 29.0 Å². The molecular formula is C32H36F3N3O5S. The molecule has 8 nitrogen and oxygen atoms in total. The number of methoxy groups -OCH3 is 3. The van der Waals surface area contributed by atoms with Gasteiger partial charge in [0.05, 0.1) is 33.2 Å². The highest BCUT2D eigenvalue weighted by Gasteiger charge is 2.26. The number of nitrogens with zero attached hydrogens (tertiary/aromatic N) is 3. The summed E-state index contributed by atoms with van der Waals surface area (Å²) in [7, 11) is 6.28. The molecular weight excluding hydrogens is 595 g/mol. The van der Waals surface area contributed by atoms with Crippen LogP contribution in [0.25, 0.3) is 5.69 Å². The van der Waals surface area contributed by atoms with Gasteiger partial charge in [0.25, 0.3) is 0 Å². The summed E-state index contributed by atoms with van der Waals surface area (Å²) < 4.78 is 68.5. The maximum absolute atomic E-state index is 15.2.